The zero-order valence-corrected chi connectivity index (χ0v) is 11.7. The molecule has 18 heavy (non-hydrogen) atoms. The summed E-state index contributed by atoms with van der Waals surface area (Å²) in [5, 5.41) is 9.39. The molecule has 1 aromatic carbocycles. The molecule has 0 bridgehead atoms. The normalized spacial score (nSPS) is 11.2. The second-order valence-corrected chi connectivity index (χ2v) is 5.13. The number of carboxylic acids is 1. The Kier molecular flexibility index (Phi) is 6.16. The molecule has 0 unspecified atom stereocenters. The SMILES string of the molecule is CC(C)N(CCCC(=O)O)Cc1cccc(Cl)c1. The maximum absolute atomic E-state index is 10.5. The second-order valence-electron chi connectivity index (χ2n) is 4.69. The number of hydrogen-bond acceptors (Lipinski definition) is 2. The van der Waals surface area contributed by atoms with E-state index in [0.29, 0.717) is 12.5 Å². The number of nitrogens with zero attached hydrogens (tertiary/aromatic N) is 1. The van der Waals surface area contributed by atoms with Gasteiger partial charge in [0.25, 0.3) is 0 Å². The maximum Gasteiger partial charge on any atom is 0.303 e. The van der Waals surface area contributed by atoms with Gasteiger partial charge < -0.3 is 5.11 Å². The van der Waals surface area contributed by atoms with Gasteiger partial charge in [-0.3, -0.25) is 9.69 Å². The highest BCUT2D eigenvalue weighted by molar-refractivity contribution is 6.30. The molecule has 0 fully saturated rings. The average molecular weight is 270 g/mol. The van der Waals surface area contributed by atoms with Gasteiger partial charge in [-0.05, 0) is 44.5 Å². The van der Waals surface area contributed by atoms with Gasteiger partial charge in [0.1, 0.15) is 0 Å². The van der Waals surface area contributed by atoms with Crippen LogP contribution in [0.4, 0.5) is 0 Å². The predicted octanol–water partition coefficient (Wildman–Crippen LogP) is 3.42. The van der Waals surface area contributed by atoms with Crippen LogP contribution in [0.1, 0.15) is 32.3 Å². The lowest BCUT2D eigenvalue weighted by Crippen LogP contribution is -2.31. The van der Waals surface area contributed by atoms with Crippen molar-refractivity contribution in [1.29, 1.82) is 0 Å². The van der Waals surface area contributed by atoms with E-state index in [4.69, 9.17) is 16.7 Å². The van der Waals surface area contributed by atoms with Crippen molar-refractivity contribution >= 4 is 17.6 Å². The van der Waals surface area contributed by atoms with Crippen LogP contribution < -0.4 is 0 Å². The van der Waals surface area contributed by atoms with Crippen molar-refractivity contribution in [3.63, 3.8) is 0 Å². The van der Waals surface area contributed by atoms with E-state index in [9.17, 15) is 4.79 Å². The van der Waals surface area contributed by atoms with Crippen LogP contribution in [0, 0.1) is 0 Å². The second kappa shape index (κ2) is 7.39. The van der Waals surface area contributed by atoms with Crippen molar-refractivity contribution in [3.8, 4) is 0 Å². The lowest BCUT2D eigenvalue weighted by atomic mass is 10.1. The van der Waals surface area contributed by atoms with Crippen LogP contribution in [0.25, 0.3) is 0 Å². The monoisotopic (exact) mass is 269 g/mol. The van der Waals surface area contributed by atoms with Crippen LogP contribution in [0.5, 0.6) is 0 Å². The summed E-state index contributed by atoms with van der Waals surface area (Å²) in [6, 6.07) is 8.17. The number of halogens is 1. The summed E-state index contributed by atoms with van der Waals surface area (Å²) in [6.07, 6.45) is 0.896. The maximum atomic E-state index is 10.5. The number of carbonyl (C=O) groups is 1. The molecule has 0 aliphatic carbocycles. The summed E-state index contributed by atoms with van der Waals surface area (Å²) >= 11 is 5.96. The molecule has 0 heterocycles. The van der Waals surface area contributed by atoms with Crippen molar-refractivity contribution in [1.82, 2.24) is 4.90 Å². The standard InChI is InChI=1S/C14H20ClNO2/c1-11(2)16(8-4-7-14(17)18)10-12-5-3-6-13(15)9-12/h3,5-6,9,11H,4,7-8,10H2,1-2H3,(H,17,18). The van der Waals surface area contributed by atoms with Gasteiger partial charge in [-0.15, -0.1) is 0 Å². The molecule has 0 atom stereocenters. The Hall–Kier alpha value is -1.06. The zero-order chi connectivity index (χ0) is 13.5. The third kappa shape index (κ3) is 5.52. The predicted molar refractivity (Wildman–Crippen MR) is 73.9 cm³/mol. The number of carboxylic acid groups (broad SMARTS) is 1. The van der Waals surface area contributed by atoms with Crippen LogP contribution in [0.2, 0.25) is 5.02 Å². The Labute approximate surface area is 113 Å². The summed E-state index contributed by atoms with van der Waals surface area (Å²) in [5.74, 6) is -0.735. The van der Waals surface area contributed by atoms with Gasteiger partial charge in [0.15, 0.2) is 0 Å². The number of hydrogen-bond donors (Lipinski definition) is 1. The zero-order valence-electron chi connectivity index (χ0n) is 10.9. The van der Waals surface area contributed by atoms with E-state index < -0.39 is 5.97 Å². The summed E-state index contributed by atoms with van der Waals surface area (Å²) < 4.78 is 0. The number of rotatable bonds is 7. The Morgan fingerprint density at radius 3 is 2.72 bits per heavy atom. The van der Waals surface area contributed by atoms with E-state index in [1.54, 1.807) is 0 Å². The molecule has 0 aromatic heterocycles. The van der Waals surface area contributed by atoms with Crippen molar-refractivity contribution in [3.05, 3.63) is 34.9 Å². The van der Waals surface area contributed by atoms with Crippen LogP contribution >= 0.6 is 11.6 Å². The molecule has 100 valence electrons. The van der Waals surface area contributed by atoms with E-state index >= 15 is 0 Å². The van der Waals surface area contributed by atoms with Crippen molar-refractivity contribution in [2.24, 2.45) is 0 Å². The van der Waals surface area contributed by atoms with Gasteiger partial charge in [-0.25, -0.2) is 0 Å². The molecular formula is C14H20ClNO2. The third-order valence-corrected chi connectivity index (χ3v) is 3.08. The summed E-state index contributed by atoms with van der Waals surface area (Å²) in [5.41, 5.74) is 1.16. The lowest BCUT2D eigenvalue weighted by molar-refractivity contribution is -0.137. The molecule has 0 aliphatic heterocycles. The molecule has 4 heteroatoms. The average Bonchev–Trinajstić information content (AvgIpc) is 2.27. The largest absolute Gasteiger partial charge is 0.481 e. The lowest BCUT2D eigenvalue weighted by Gasteiger charge is -2.26. The van der Waals surface area contributed by atoms with E-state index in [1.165, 1.54) is 0 Å². The third-order valence-electron chi connectivity index (χ3n) is 2.84. The van der Waals surface area contributed by atoms with Gasteiger partial charge in [-0.2, -0.15) is 0 Å². The van der Waals surface area contributed by atoms with Crippen LogP contribution in [0.15, 0.2) is 24.3 Å². The summed E-state index contributed by atoms with van der Waals surface area (Å²) in [6.45, 7) is 5.82. The van der Waals surface area contributed by atoms with E-state index in [-0.39, 0.29) is 6.42 Å². The topological polar surface area (TPSA) is 40.5 Å². The molecule has 0 radical (unpaired) electrons. The molecule has 3 nitrogen and oxygen atoms in total. The molecule has 0 saturated carbocycles. The molecule has 0 spiro atoms. The van der Waals surface area contributed by atoms with Gasteiger partial charge in [-0.1, -0.05) is 23.7 Å². The molecule has 0 amide bonds. The van der Waals surface area contributed by atoms with Gasteiger partial charge in [0.2, 0.25) is 0 Å². The molecule has 1 N–H and O–H groups in total. The number of benzene rings is 1. The molecule has 1 rings (SSSR count). The fourth-order valence-electron chi connectivity index (χ4n) is 1.82. The first kappa shape index (κ1) is 15.0. The quantitative estimate of drug-likeness (QED) is 0.825. The van der Waals surface area contributed by atoms with Crippen molar-refractivity contribution in [2.45, 2.75) is 39.3 Å². The highest BCUT2D eigenvalue weighted by atomic mass is 35.5. The molecular weight excluding hydrogens is 250 g/mol. The van der Waals surface area contributed by atoms with Gasteiger partial charge >= 0.3 is 5.97 Å². The number of aliphatic carboxylic acids is 1. The minimum absolute atomic E-state index is 0.221. The Morgan fingerprint density at radius 2 is 2.17 bits per heavy atom. The highest BCUT2D eigenvalue weighted by Crippen LogP contribution is 2.14. The summed E-state index contributed by atoms with van der Waals surface area (Å²) in [4.78, 5) is 12.8. The Morgan fingerprint density at radius 1 is 1.44 bits per heavy atom. The van der Waals surface area contributed by atoms with Crippen LogP contribution in [-0.4, -0.2) is 28.6 Å². The minimum Gasteiger partial charge on any atom is -0.481 e. The van der Waals surface area contributed by atoms with Crippen LogP contribution in [0.3, 0.4) is 0 Å². The first-order valence-electron chi connectivity index (χ1n) is 6.19. The van der Waals surface area contributed by atoms with Crippen LogP contribution in [-0.2, 0) is 11.3 Å². The molecule has 0 saturated heterocycles. The Bertz CT molecular complexity index is 393. The smallest absolute Gasteiger partial charge is 0.303 e. The molecule has 0 aliphatic rings. The fraction of sp³-hybridized carbons (Fsp3) is 0.500. The van der Waals surface area contributed by atoms with E-state index in [0.717, 1.165) is 23.7 Å². The minimum atomic E-state index is -0.735. The van der Waals surface area contributed by atoms with E-state index in [2.05, 4.69) is 18.7 Å². The first-order valence-corrected chi connectivity index (χ1v) is 6.57. The van der Waals surface area contributed by atoms with Crippen molar-refractivity contribution < 1.29 is 9.90 Å². The first-order chi connectivity index (χ1) is 8.49. The Balaban J connectivity index is 2.54. The molecule has 1 aromatic rings. The summed E-state index contributed by atoms with van der Waals surface area (Å²) in [7, 11) is 0. The fourth-order valence-corrected chi connectivity index (χ4v) is 2.04. The van der Waals surface area contributed by atoms with Gasteiger partial charge in [0, 0.05) is 24.0 Å². The van der Waals surface area contributed by atoms with E-state index in [1.807, 2.05) is 24.3 Å². The highest BCUT2D eigenvalue weighted by Gasteiger charge is 2.10. The van der Waals surface area contributed by atoms with Crippen molar-refractivity contribution in [2.75, 3.05) is 6.54 Å². The van der Waals surface area contributed by atoms with Gasteiger partial charge in [0.05, 0.1) is 0 Å².